The fourth-order valence-corrected chi connectivity index (χ4v) is 3.34. The van der Waals surface area contributed by atoms with E-state index in [4.69, 9.17) is 13.3 Å². The van der Waals surface area contributed by atoms with Gasteiger partial charge < -0.3 is 0 Å². The van der Waals surface area contributed by atoms with Gasteiger partial charge in [-0.1, -0.05) is 0 Å². The summed E-state index contributed by atoms with van der Waals surface area (Å²) in [6.45, 7) is 7.67. The van der Waals surface area contributed by atoms with Crippen molar-refractivity contribution >= 4 is 0 Å². The summed E-state index contributed by atoms with van der Waals surface area (Å²) in [6.07, 6.45) is 28.0. The van der Waals surface area contributed by atoms with Crippen molar-refractivity contribution in [3.63, 3.8) is 0 Å². The van der Waals surface area contributed by atoms with Gasteiger partial charge in [0, 0.05) is 0 Å². The van der Waals surface area contributed by atoms with Gasteiger partial charge in [0.1, 0.15) is 0 Å². The van der Waals surface area contributed by atoms with E-state index >= 15 is 0 Å². The van der Waals surface area contributed by atoms with Crippen LogP contribution < -0.4 is 0 Å². The maximum absolute atomic E-state index is 5.74. The predicted octanol–water partition coefficient (Wildman–Crippen LogP) is 6.23. The summed E-state index contributed by atoms with van der Waals surface area (Å²) < 4.78 is 22.9. The van der Waals surface area contributed by atoms with Crippen molar-refractivity contribution < 1.29 is 31.4 Å². The molecule has 25 heavy (non-hydrogen) atoms. The zero-order valence-corrected chi connectivity index (χ0v) is 16.9. The SMILES string of the molecule is C/C=C/C=C/[O][Ti]([O]/C=C/C=C/C)([O]/C=C/C=C/C)[O]/C=C/C=C/C. The number of hydrogen-bond donors (Lipinski definition) is 0. The molecule has 0 aromatic rings. The van der Waals surface area contributed by atoms with Crippen LogP contribution in [0.15, 0.2) is 98.0 Å². The van der Waals surface area contributed by atoms with Gasteiger partial charge in [-0.05, 0) is 0 Å². The van der Waals surface area contributed by atoms with E-state index in [9.17, 15) is 0 Å². The molecule has 0 fully saturated rings. The second-order valence-electron chi connectivity index (χ2n) is 4.39. The van der Waals surface area contributed by atoms with Crippen LogP contribution in [0.3, 0.4) is 0 Å². The molecule has 0 aliphatic heterocycles. The monoisotopic (exact) mass is 380 g/mol. The number of allylic oxidation sites excluding steroid dienone is 12. The first kappa shape index (κ1) is 22.8. The minimum absolute atomic E-state index is 1.51. The van der Waals surface area contributed by atoms with Gasteiger partial charge in [0.25, 0.3) is 0 Å². The Morgan fingerprint density at radius 1 is 0.400 bits per heavy atom. The predicted molar refractivity (Wildman–Crippen MR) is 100 cm³/mol. The van der Waals surface area contributed by atoms with E-state index in [2.05, 4.69) is 0 Å². The Morgan fingerprint density at radius 3 is 0.840 bits per heavy atom. The van der Waals surface area contributed by atoms with Crippen LogP contribution in [0, 0.1) is 0 Å². The molecule has 0 rings (SSSR count). The van der Waals surface area contributed by atoms with E-state index in [1.54, 1.807) is 24.3 Å². The zero-order chi connectivity index (χ0) is 18.6. The Bertz CT molecular complexity index is 451. The fourth-order valence-electron chi connectivity index (χ4n) is 1.28. The average Bonchev–Trinajstić information content (AvgIpc) is 2.63. The van der Waals surface area contributed by atoms with Crippen LogP contribution in [0.2, 0.25) is 0 Å². The van der Waals surface area contributed by atoms with Crippen molar-refractivity contribution in [2.24, 2.45) is 0 Å². The Hall–Kier alpha value is -2.17. The second kappa shape index (κ2) is 16.7. The van der Waals surface area contributed by atoms with Crippen molar-refractivity contribution in [3.8, 4) is 0 Å². The van der Waals surface area contributed by atoms with Gasteiger partial charge in [-0.15, -0.1) is 0 Å². The number of hydrogen-bond acceptors (Lipinski definition) is 4. The van der Waals surface area contributed by atoms with E-state index in [0.717, 1.165) is 0 Å². The van der Waals surface area contributed by atoms with E-state index in [1.807, 2.05) is 76.3 Å². The van der Waals surface area contributed by atoms with Crippen molar-refractivity contribution in [1.82, 2.24) is 0 Å². The molecular formula is C20H28O4Ti. The van der Waals surface area contributed by atoms with E-state index in [-0.39, 0.29) is 0 Å². The molecule has 0 aromatic carbocycles. The van der Waals surface area contributed by atoms with E-state index in [1.165, 1.54) is 25.0 Å². The van der Waals surface area contributed by atoms with Gasteiger partial charge in [-0.2, -0.15) is 0 Å². The average molecular weight is 380 g/mol. The third-order valence-corrected chi connectivity index (χ3v) is 5.03. The maximum atomic E-state index is 5.74. The summed E-state index contributed by atoms with van der Waals surface area (Å²) in [4.78, 5) is 0. The summed E-state index contributed by atoms with van der Waals surface area (Å²) in [6, 6.07) is 0. The molecule has 0 bridgehead atoms. The normalized spacial score (nSPS) is 13.9. The van der Waals surface area contributed by atoms with Gasteiger partial charge in [0.15, 0.2) is 0 Å². The molecule has 0 saturated heterocycles. The van der Waals surface area contributed by atoms with E-state index in [0.29, 0.717) is 0 Å². The van der Waals surface area contributed by atoms with Crippen LogP contribution in [0.4, 0.5) is 0 Å². The van der Waals surface area contributed by atoms with Crippen molar-refractivity contribution in [3.05, 3.63) is 98.0 Å². The Morgan fingerprint density at radius 2 is 0.640 bits per heavy atom. The summed E-state index contributed by atoms with van der Waals surface area (Å²) in [5.74, 6) is 0. The van der Waals surface area contributed by atoms with Crippen LogP contribution in [-0.2, 0) is 31.4 Å². The molecule has 0 unspecified atom stereocenters. The molecule has 0 saturated carbocycles. The molecule has 5 heteroatoms. The first-order valence-electron chi connectivity index (χ1n) is 8.07. The molecule has 0 amide bonds. The topological polar surface area (TPSA) is 36.9 Å². The van der Waals surface area contributed by atoms with Crippen LogP contribution in [-0.4, -0.2) is 0 Å². The quantitative estimate of drug-likeness (QED) is 0.229. The Labute approximate surface area is 157 Å². The van der Waals surface area contributed by atoms with Crippen LogP contribution in [0.1, 0.15) is 27.7 Å². The molecule has 4 nitrogen and oxygen atoms in total. The van der Waals surface area contributed by atoms with Gasteiger partial charge >= 0.3 is 157 Å². The molecule has 136 valence electrons. The molecule has 0 aliphatic carbocycles. The first-order valence-corrected chi connectivity index (χ1v) is 10.6. The molecule has 0 radical (unpaired) electrons. The molecule has 0 heterocycles. The van der Waals surface area contributed by atoms with Gasteiger partial charge in [-0.25, -0.2) is 0 Å². The van der Waals surface area contributed by atoms with Gasteiger partial charge in [0.2, 0.25) is 0 Å². The second-order valence-corrected chi connectivity index (χ2v) is 7.42. The molecule has 0 spiro atoms. The molecule has 0 aliphatic rings. The van der Waals surface area contributed by atoms with E-state index < -0.39 is 18.1 Å². The molecule has 0 aromatic heterocycles. The summed E-state index contributed by atoms with van der Waals surface area (Å²) in [5, 5.41) is 0. The summed E-state index contributed by atoms with van der Waals surface area (Å²) in [7, 11) is 0. The Kier molecular flexibility index (Phi) is 15.2. The summed E-state index contributed by atoms with van der Waals surface area (Å²) >= 11 is -4.07. The fraction of sp³-hybridized carbons (Fsp3) is 0.200. The van der Waals surface area contributed by atoms with Gasteiger partial charge in [0.05, 0.1) is 0 Å². The third kappa shape index (κ3) is 12.9. The van der Waals surface area contributed by atoms with Crippen LogP contribution in [0.25, 0.3) is 0 Å². The summed E-state index contributed by atoms with van der Waals surface area (Å²) in [5.41, 5.74) is 0. The van der Waals surface area contributed by atoms with Crippen LogP contribution >= 0.6 is 0 Å². The molecular weight excluding hydrogens is 352 g/mol. The Balaban J connectivity index is 5.37. The van der Waals surface area contributed by atoms with Crippen LogP contribution in [0.5, 0.6) is 0 Å². The standard InChI is InChI=1S/4C5H8O.Ti/c4*1-2-3-4-5-6;/h4*2-6H,1H3;/q;;;;+4/p-4/b4*3-2+,5-4+;. The third-order valence-electron chi connectivity index (χ3n) is 2.38. The zero-order valence-electron chi connectivity index (χ0n) is 15.4. The molecule has 0 atom stereocenters. The van der Waals surface area contributed by atoms with Crippen molar-refractivity contribution in [1.29, 1.82) is 0 Å². The minimum atomic E-state index is -4.07. The van der Waals surface area contributed by atoms with Gasteiger partial charge in [-0.3, -0.25) is 0 Å². The van der Waals surface area contributed by atoms with Crippen molar-refractivity contribution in [2.75, 3.05) is 0 Å². The first-order chi connectivity index (χ1) is 12.2. The molecule has 0 N–H and O–H groups in total. The number of rotatable bonds is 12. The van der Waals surface area contributed by atoms with Crippen molar-refractivity contribution in [2.45, 2.75) is 27.7 Å².